The topological polar surface area (TPSA) is 43.8 Å². The van der Waals surface area contributed by atoms with Crippen LogP contribution in [0.3, 0.4) is 0 Å². The quantitative estimate of drug-likeness (QED) is 0.642. The number of aryl methyl sites for hydroxylation is 1. The Morgan fingerprint density at radius 1 is 1.73 bits per heavy atom. The summed E-state index contributed by atoms with van der Waals surface area (Å²) in [7, 11) is 0. The molecule has 3 nitrogen and oxygen atoms in total. The minimum absolute atomic E-state index is 0.501. The number of fused-ring (bicyclic) bond motifs is 1. The Morgan fingerprint density at radius 2 is 2.64 bits per heavy atom. The minimum Gasteiger partial charge on any atom is -0.330 e. The zero-order chi connectivity index (χ0) is 7.68. The van der Waals surface area contributed by atoms with Gasteiger partial charge in [0, 0.05) is 24.5 Å². The average Bonchev–Trinajstić information content (AvgIpc) is 2.50. The molecule has 0 amide bonds. The van der Waals surface area contributed by atoms with E-state index < -0.39 is 0 Å². The van der Waals surface area contributed by atoms with E-state index in [2.05, 4.69) is 9.55 Å². The Balaban J connectivity index is 2.32. The summed E-state index contributed by atoms with van der Waals surface area (Å²) in [6.07, 6.45) is 7.47. The van der Waals surface area contributed by atoms with Gasteiger partial charge in [-0.05, 0) is 19.3 Å². The van der Waals surface area contributed by atoms with E-state index in [0.717, 1.165) is 13.0 Å². The molecule has 60 valence electrons. The van der Waals surface area contributed by atoms with Gasteiger partial charge in [0.05, 0.1) is 6.33 Å². The number of rotatable bonds is 1. The van der Waals surface area contributed by atoms with E-state index in [1.807, 2.05) is 12.5 Å². The van der Waals surface area contributed by atoms with Gasteiger partial charge in [0.15, 0.2) is 0 Å². The summed E-state index contributed by atoms with van der Waals surface area (Å²) in [6.45, 7) is 0.739. The van der Waals surface area contributed by atoms with Crippen LogP contribution < -0.4 is 5.73 Å². The molecule has 0 bridgehead atoms. The zero-order valence-electron chi connectivity index (χ0n) is 6.53. The molecule has 0 saturated heterocycles. The van der Waals surface area contributed by atoms with Crippen molar-refractivity contribution in [3.63, 3.8) is 0 Å². The smallest absolute Gasteiger partial charge is 0.0951 e. The van der Waals surface area contributed by atoms with E-state index in [1.54, 1.807) is 0 Å². The van der Waals surface area contributed by atoms with Crippen LogP contribution in [-0.4, -0.2) is 16.1 Å². The minimum atomic E-state index is 0.501. The van der Waals surface area contributed by atoms with E-state index in [0.29, 0.717) is 6.04 Å². The number of nitrogens with two attached hydrogens (primary N) is 1. The summed E-state index contributed by atoms with van der Waals surface area (Å²) in [5.74, 6) is 0. The fourth-order valence-corrected chi connectivity index (χ4v) is 1.74. The Morgan fingerprint density at radius 3 is 3.45 bits per heavy atom. The molecule has 1 aromatic rings. The van der Waals surface area contributed by atoms with Crippen molar-refractivity contribution >= 4 is 0 Å². The summed E-state index contributed by atoms with van der Waals surface area (Å²) in [6, 6.07) is 0.501. The van der Waals surface area contributed by atoms with E-state index in [-0.39, 0.29) is 0 Å². The van der Waals surface area contributed by atoms with E-state index in [9.17, 15) is 0 Å². The van der Waals surface area contributed by atoms with Crippen LogP contribution in [0.25, 0.3) is 0 Å². The van der Waals surface area contributed by atoms with Crippen LogP contribution in [0.4, 0.5) is 0 Å². The molecular formula is C8H13N3. The van der Waals surface area contributed by atoms with Crippen LogP contribution in [0.2, 0.25) is 0 Å². The molecule has 0 saturated carbocycles. The Hall–Kier alpha value is -0.830. The van der Waals surface area contributed by atoms with Crippen molar-refractivity contribution in [1.82, 2.24) is 9.55 Å². The summed E-state index contributed by atoms with van der Waals surface area (Å²) in [5, 5.41) is 0. The second-order valence-corrected chi connectivity index (χ2v) is 3.07. The van der Waals surface area contributed by atoms with Crippen molar-refractivity contribution in [2.75, 3.05) is 6.54 Å². The maximum Gasteiger partial charge on any atom is 0.0951 e. The lowest BCUT2D eigenvalue weighted by atomic mass is 10.0. The second-order valence-electron chi connectivity index (χ2n) is 3.07. The number of hydrogen-bond donors (Lipinski definition) is 1. The van der Waals surface area contributed by atoms with Gasteiger partial charge >= 0.3 is 0 Å². The SMILES string of the molecule is NC[C@@H]1CCCc2cncn21. The number of hydrogen-bond acceptors (Lipinski definition) is 2. The van der Waals surface area contributed by atoms with Gasteiger partial charge in [0.2, 0.25) is 0 Å². The van der Waals surface area contributed by atoms with Crippen LogP contribution >= 0.6 is 0 Å². The molecule has 1 aromatic heterocycles. The summed E-state index contributed by atoms with van der Waals surface area (Å²) < 4.78 is 2.21. The molecule has 1 aliphatic heterocycles. The van der Waals surface area contributed by atoms with Crippen molar-refractivity contribution in [2.45, 2.75) is 25.3 Å². The van der Waals surface area contributed by atoms with Crippen LogP contribution in [0.5, 0.6) is 0 Å². The molecule has 0 spiro atoms. The standard InChI is InChI=1S/C8H13N3/c9-4-7-2-1-3-8-5-10-6-11(7)8/h5-7H,1-4,9H2/t7-/m0/s1. The number of aromatic nitrogens is 2. The van der Waals surface area contributed by atoms with Crippen LogP contribution in [0, 0.1) is 0 Å². The Kier molecular flexibility index (Phi) is 1.66. The van der Waals surface area contributed by atoms with Gasteiger partial charge in [-0.3, -0.25) is 0 Å². The monoisotopic (exact) mass is 151 g/mol. The lowest BCUT2D eigenvalue weighted by molar-refractivity contribution is 0.409. The Labute approximate surface area is 66.2 Å². The molecular weight excluding hydrogens is 138 g/mol. The van der Waals surface area contributed by atoms with Gasteiger partial charge in [-0.2, -0.15) is 0 Å². The molecule has 2 rings (SSSR count). The van der Waals surface area contributed by atoms with Gasteiger partial charge in [0.25, 0.3) is 0 Å². The van der Waals surface area contributed by atoms with Crippen molar-refractivity contribution < 1.29 is 0 Å². The van der Waals surface area contributed by atoms with Crippen LogP contribution in [-0.2, 0) is 6.42 Å². The molecule has 3 heteroatoms. The predicted molar refractivity (Wildman–Crippen MR) is 43.3 cm³/mol. The van der Waals surface area contributed by atoms with E-state index in [1.165, 1.54) is 18.5 Å². The molecule has 1 atom stereocenters. The van der Waals surface area contributed by atoms with Crippen molar-refractivity contribution in [1.29, 1.82) is 0 Å². The van der Waals surface area contributed by atoms with Crippen molar-refractivity contribution in [2.24, 2.45) is 5.73 Å². The first kappa shape index (κ1) is 6.85. The Bertz CT molecular complexity index is 241. The first-order chi connectivity index (χ1) is 5.42. The van der Waals surface area contributed by atoms with Gasteiger partial charge in [-0.15, -0.1) is 0 Å². The van der Waals surface area contributed by atoms with Gasteiger partial charge < -0.3 is 10.3 Å². The summed E-state index contributed by atoms with van der Waals surface area (Å²) >= 11 is 0. The third kappa shape index (κ3) is 1.05. The molecule has 0 unspecified atom stereocenters. The first-order valence-corrected chi connectivity index (χ1v) is 4.12. The molecule has 2 heterocycles. The van der Waals surface area contributed by atoms with E-state index >= 15 is 0 Å². The largest absolute Gasteiger partial charge is 0.330 e. The fourth-order valence-electron chi connectivity index (χ4n) is 1.74. The first-order valence-electron chi connectivity index (χ1n) is 4.12. The van der Waals surface area contributed by atoms with Gasteiger partial charge in [-0.1, -0.05) is 0 Å². The molecule has 0 radical (unpaired) electrons. The normalized spacial score (nSPS) is 23.2. The summed E-state index contributed by atoms with van der Waals surface area (Å²) in [5.41, 5.74) is 6.97. The molecule has 0 aromatic carbocycles. The predicted octanol–water partition coefficient (Wildman–Crippen LogP) is 0.719. The third-order valence-corrected chi connectivity index (χ3v) is 2.38. The number of imidazole rings is 1. The van der Waals surface area contributed by atoms with E-state index in [4.69, 9.17) is 5.73 Å². The molecule has 0 aliphatic carbocycles. The maximum atomic E-state index is 5.63. The highest BCUT2D eigenvalue weighted by Crippen LogP contribution is 2.22. The lowest BCUT2D eigenvalue weighted by Gasteiger charge is -2.23. The van der Waals surface area contributed by atoms with Crippen molar-refractivity contribution in [3.05, 3.63) is 18.2 Å². The highest BCUT2D eigenvalue weighted by atomic mass is 15.1. The highest BCUT2D eigenvalue weighted by molar-refractivity contribution is 5.03. The van der Waals surface area contributed by atoms with Gasteiger partial charge in [-0.25, -0.2) is 4.98 Å². The highest BCUT2D eigenvalue weighted by Gasteiger charge is 2.16. The van der Waals surface area contributed by atoms with Gasteiger partial charge in [0.1, 0.15) is 0 Å². The van der Waals surface area contributed by atoms with Crippen LogP contribution in [0.15, 0.2) is 12.5 Å². The summed E-state index contributed by atoms with van der Waals surface area (Å²) in [4.78, 5) is 4.11. The fraction of sp³-hybridized carbons (Fsp3) is 0.625. The molecule has 1 aliphatic rings. The second kappa shape index (κ2) is 2.66. The number of nitrogens with zero attached hydrogens (tertiary/aromatic N) is 2. The lowest BCUT2D eigenvalue weighted by Crippen LogP contribution is -2.23. The van der Waals surface area contributed by atoms with Crippen LogP contribution in [0.1, 0.15) is 24.6 Å². The third-order valence-electron chi connectivity index (χ3n) is 2.38. The van der Waals surface area contributed by atoms with Crippen molar-refractivity contribution in [3.8, 4) is 0 Å². The average molecular weight is 151 g/mol. The maximum absolute atomic E-state index is 5.63. The molecule has 2 N–H and O–H groups in total. The molecule has 0 fully saturated rings. The molecule has 11 heavy (non-hydrogen) atoms. The zero-order valence-corrected chi connectivity index (χ0v) is 6.53.